The molecule has 0 radical (unpaired) electrons. The minimum Gasteiger partial charge on any atom is -0.478 e. The van der Waals surface area contributed by atoms with Crippen LogP contribution in [0.2, 0.25) is 0 Å². The second kappa shape index (κ2) is 2.76. The van der Waals surface area contributed by atoms with Gasteiger partial charge in [0.1, 0.15) is 0 Å². The molecule has 0 amide bonds. The van der Waals surface area contributed by atoms with Gasteiger partial charge in [-0.2, -0.15) is 0 Å². The number of fused-ring (bicyclic) bond motifs is 1. The van der Waals surface area contributed by atoms with Crippen molar-refractivity contribution in [2.24, 2.45) is 5.92 Å². The van der Waals surface area contributed by atoms with E-state index in [0.29, 0.717) is 5.57 Å². The van der Waals surface area contributed by atoms with E-state index in [4.69, 9.17) is 5.11 Å². The van der Waals surface area contributed by atoms with E-state index in [1.165, 1.54) is 0 Å². The first-order chi connectivity index (χ1) is 6.16. The number of aliphatic carboxylic acids is 1. The molecule has 2 atom stereocenters. The highest BCUT2D eigenvalue weighted by molar-refractivity contribution is 5.90. The van der Waals surface area contributed by atoms with Crippen LogP contribution in [0, 0.1) is 5.92 Å². The summed E-state index contributed by atoms with van der Waals surface area (Å²) in [5.74, 6) is -0.649. The maximum absolute atomic E-state index is 10.7. The van der Waals surface area contributed by atoms with E-state index in [-0.39, 0.29) is 12.0 Å². The SMILES string of the molecule is CC1=CC2C=C(C(=O)O)C=CC2N1. The molecule has 2 aliphatic rings. The van der Waals surface area contributed by atoms with Gasteiger partial charge in [0.15, 0.2) is 0 Å². The summed E-state index contributed by atoms with van der Waals surface area (Å²) in [7, 11) is 0. The summed E-state index contributed by atoms with van der Waals surface area (Å²) < 4.78 is 0. The van der Waals surface area contributed by atoms with Crippen LogP contribution in [-0.4, -0.2) is 17.1 Å². The van der Waals surface area contributed by atoms with Crippen LogP contribution in [0.5, 0.6) is 0 Å². The van der Waals surface area contributed by atoms with Gasteiger partial charge >= 0.3 is 5.97 Å². The second-order valence-electron chi connectivity index (χ2n) is 3.38. The van der Waals surface area contributed by atoms with Gasteiger partial charge < -0.3 is 10.4 Å². The van der Waals surface area contributed by atoms with Gasteiger partial charge in [-0.25, -0.2) is 4.79 Å². The standard InChI is InChI=1S/C10H11NO2/c1-6-4-8-5-7(10(12)13)2-3-9(8)11-6/h2-5,8-9,11H,1H3,(H,12,13). The predicted molar refractivity (Wildman–Crippen MR) is 49.0 cm³/mol. The van der Waals surface area contributed by atoms with Crippen LogP contribution in [0.25, 0.3) is 0 Å². The van der Waals surface area contributed by atoms with E-state index >= 15 is 0 Å². The summed E-state index contributed by atoms with van der Waals surface area (Å²) >= 11 is 0. The van der Waals surface area contributed by atoms with Crippen molar-refractivity contribution in [1.29, 1.82) is 0 Å². The van der Waals surface area contributed by atoms with E-state index in [0.717, 1.165) is 5.70 Å². The van der Waals surface area contributed by atoms with Crippen molar-refractivity contribution in [3.8, 4) is 0 Å². The number of rotatable bonds is 1. The highest BCUT2D eigenvalue weighted by Crippen LogP contribution is 2.24. The Morgan fingerprint density at radius 1 is 1.54 bits per heavy atom. The average Bonchev–Trinajstić information content (AvgIpc) is 2.42. The molecule has 3 heteroatoms. The molecule has 0 saturated carbocycles. The molecule has 0 saturated heterocycles. The van der Waals surface area contributed by atoms with Crippen molar-refractivity contribution in [3.63, 3.8) is 0 Å². The molecule has 1 aliphatic carbocycles. The minimum absolute atomic E-state index is 0.205. The highest BCUT2D eigenvalue weighted by Gasteiger charge is 2.25. The number of allylic oxidation sites excluding steroid dienone is 1. The van der Waals surface area contributed by atoms with Crippen LogP contribution in [0.15, 0.2) is 35.6 Å². The number of hydrogen-bond donors (Lipinski definition) is 2. The lowest BCUT2D eigenvalue weighted by Crippen LogP contribution is -2.27. The molecule has 1 heterocycles. The third-order valence-electron chi connectivity index (χ3n) is 2.35. The molecule has 0 aromatic heterocycles. The van der Waals surface area contributed by atoms with Crippen LogP contribution in [-0.2, 0) is 4.79 Å². The molecule has 0 aromatic rings. The summed E-state index contributed by atoms with van der Waals surface area (Å²) in [5.41, 5.74) is 1.50. The Labute approximate surface area is 76.4 Å². The van der Waals surface area contributed by atoms with Gasteiger partial charge in [-0.3, -0.25) is 0 Å². The zero-order valence-corrected chi connectivity index (χ0v) is 7.32. The molecule has 2 rings (SSSR count). The average molecular weight is 177 g/mol. The number of carboxylic acids is 1. The van der Waals surface area contributed by atoms with Gasteiger partial charge in [0.05, 0.1) is 11.6 Å². The fourth-order valence-corrected chi connectivity index (χ4v) is 1.74. The van der Waals surface area contributed by atoms with E-state index in [2.05, 4.69) is 11.4 Å². The van der Waals surface area contributed by atoms with Gasteiger partial charge in [-0.1, -0.05) is 18.2 Å². The normalized spacial score (nSPS) is 30.2. The molecule has 3 nitrogen and oxygen atoms in total. The lowest BCUT2D eigenvalue weighted by molar-refractivity contribution is -0.132. The second-order valence-corrected chi connectivity index (χ2v) is 3.38. The smallest absolute Gasteiger partial charge is 0.335 e. The molecular weight excluding hydrogens is 166 g/mol. The molecule has 0 bridgehead atoms. The zero-order chi connectivity index (χ0) is 9.42. The topological polar surface area (TPSA) is 49.3 Å². The lowest BCUT2D eigenvalue weighted by atomic mass is 9.93. The van der Waals surface area contributed by atoms with Crippen molar-refractivity contribution in [2.45, 2.75) is 13.0 Å². The largest absolute Gasteiger partial charge is 0.478 e. The van der Waals surface area contributed by atoms with Crippen LogP contribution in [0.3, 0.4) is 0 Å². The number of carboxylic acid groups (broad SMARTS) is 1. The van der Waals surface area contributed by atoms with Gasteiger partial charge in [0, 0.05) is 11.6 Å². The molecule has 0 fully saturated rings. The van der Waals surface area contributed by atoms with Gasteiger partial charge in [-0.15, -0.1) is 0 Å². The Bertz CT molecular complexity index is 339. The van der Waals surface area contributed by atoms with Gasteiger partial charge in [0.2, 0.25) is 0 Å². The monoisotopic (exact) mass is 177 g/mol. The zero-order valence-electron chi connectivity index (χ0n) is 7.32. The van der Waals surface area contributed by atoms with Crippen LogP contribution in [0.1, 0.15) is 6.92 Å². The molecule has 2 unspecified atom stereocenters. The summed E-state index contributed by atoms with van der Waals surface area (Å²) in [4.78, 5) is 10.7. The minimum atomic E-state index is -0.854. The van der Waals surface area contributed by atoms with Crippen molar-refractivity contribution < 1.29 is 9.90 Å². The molecule has 0 spiro atoms. The van der Waals surface area contributed by atoms with Crippen molar-refractivity contribution in [3.05, 3.63) is 35.6 Å². The number of nitrogens with one attached hydrogen (secondary N) is 1. The van der Waals surface area contributed by atoms with Crippen molar-refractivity contribution in [2.75, 3.05) is 0 Å². The van der Waals surface area contributed by atoms with E-state index in [1.54, 1.807) is 12.2 Å². The quantitative estimate of drug-likeness (QED) is 0.629. The molecular formula is C10H11NO2. The van der Waals surface area contributed by atoms with E-state index in [1.807, 2.05) is 13.0 Å². The fourth-order valence-electron chi connectivity index (χ4n) is 1.74. The molecule has 2 N–H and O–H groups in total. The van der Waals surface area contributed by atoms with Crippen LogP contribution >= 0.6 is 0 Å². The Hall–Kier alpha value is -1.51. The first-order valence-corrected chi connectivity index (χ1v) is 4.25. The summed E-state index contributed by atoms with van der Waals surface area (Å²) in [6.07, 6.45) is 7.40. The highest BCUT2D eigenvalue weighted by atomic mass is 16.4. The lowest BCUT2D eigenvalue weighted by Gasteiger charge is -2.17. The van der Waals surface area contributed by atoms with Gasteiger partial charge in [0.25, 0.3) is 0 Å². The molecule has 0 aromatic carbocycles. The van der Waals surface area contributed by atoms with Crippen molar-refractivity contribution in [1.82, 2.24) is 5.32 Å². The third-order valence-corrected chi connectivity index (χ3v) is 2.35. The predicted octanol–water partition coefficient (Wildman–Crippen LogP) is 1.06. The Balaban J connectivity index is 2.26. The first kappa shape index (κ1) is 8.10. The van der Waals surface area contributed by atoms with Crippen LogP contribution < -0.4 is 5.32 Å². The fraction of sp³-hybridized carbons (Fsp3) is 0.300. The summed E-state index contributed by atoms with van der Waals surface area (Å²) in [6, 6.07) is 0.253. The van der Waals surface area contributed by atoms with E-state index < -0.39 is 5.97 Å². The summed E-state index contributed by atoms with van der Waals surface area (Å²) in [6.45, 7) is 1.99. The Morgan fingerprint density at radius 2 is 2.31 bits per heavy atom. The maximum Gasteiger partial charge on any atom is 0.335 e. The molecule has 13 heavy (non-hydrogen) atoms. The van der Waals surface area contributed by atoms with E-state index in [9.17, 15) is 4.79 Å². The third kappa shape index (κ3) is 1.37. The maximum atomic E-state index is 10.7. The van der Waals surface area contributed by atoms with Crippen molar-refractivity contribution >= 4 is 5.97 Å². The Kier molecular flexibility index (Phi) is 1.72. The van der Waals surface area contributed by atoms with Gasteiger partial charge in [-0.05, 0) is 13.0 Å². The summed E-state index contributed by atoms with van der Waals surface area (Å²) in [5, 5.41) is 12.0. The first-order valence-electron chi connectivity index (χ1n) is 4.25. The molecule has 1 aliphatic heterocycles. The Morgan fingerprint density at radius 3 is 3.00 bits per heavy atom. The molecule has 68 valence electrons. The number of carbonyl (C=O) groups is 1. The van der Waals surface area contributed by atoms with Crippen LogP contribution in [0.4, 0.5) is 0 Å². The number of hydrogen-bond acceptors (Lipinski definition) is 2.